The van der Waals surface area contributed by atoms with Gasteiger partial charge in [-0.3, -0.25) is 9.69 Å². The lowest BCUT2D eigenvalue weighted by Crippen LogP contribution is -2.43. The molecule has 0 bridgehead atoms. The normalized spacial score (nSPS) is 19.9. The van der Waals surface area contributed by atoms with Gasteiger partial charge in [-0.15, -0.1) is 0 Å². The first-order chi connectivity index (χ1) is 11.6. The molecular formula is C19H17N3O2. The maximum atomic E-state index is 13.0. The first-order valence-electron chi connectivity index (χ1n) is 7.79. The lowest BCUT2D eigenvalue weighted by molar-refractivity contribution is -0.132. The number of benzene rings is 2. The Morgan fingerprint density at radius 1 is 1.08 bits per heavy atom. The van der Waals surface area contributed by atoms with Crippen molar-refractivity contribution in [3.05, 3.63) is 71.3 Å². The number of nitrogens with one attached hydrogen (secondary N) is 1. The van der Waals surface area contributed by atoms with Crippen LogP contribution in [-0.2, 0) is 16.9 Å². The number of nitriles is 1. The van der Waals surface area contributed by atoms with Crippen molar-refractivity contribution in [3.63, 3.8) is 0 Å². The van der Waals surface area contributed by atoms with E-state index >= 15 is 0 Å². The molecule has 1 heterocycles. The van der Waals surface area contributed by atoms with E-state index < -0.39 is 11.6 Å². The van der Waals surface area contributed by atoms with Crippen molar-refractivity contribution in [3.8, 4) is 6.07 Å². The molecule has 24 heavy (non-hydrogen) atoms. The molecule has 5 heteroatoms. The number of hydrogen-bond acceptors (Lipinski definition) is 3. The minimum Gasteiger partial charge on any atom is -0.319 e. The van der Waals surface area contributed by atoms with Crippen LogP contribution < -0.4 is 5.32 Å². The molecule has 0 radical (unpaired) electrons. The van der Waals surface area contributed by atoms with Gasteiger partial charge in [-0.25, -0.2) is 4.79 Å². The fraction of sp³-hybridized carbons (Fsp3) is 0.211. The summed E-state index contributed by atoms with van der Waals surface area (Å²) in [6.07, 6.45) is 0.478. The summed E-state index contributed by atoms with van der Waals surface area (Å²) in [6, 6.07) is 17.8. The van der Waals surface area contributed by atoms with E-state index in [1.807, 2.05) is 43.3 Å². The van der Waals surface area contributed by atoms with Gasteiger partial charge >= 0.3 is 6.03 Å². The molecule has 1 unspecified atom stereocenters. The summed E-state index contributed by atoms with van der Waals surface area (Å²) >= 11 is 0. The van der Waals surface area contributed by atoms with Crippen molar-refractivity contribution in [2.45, 2.75) is 25.4 Å². The molecule has 1 aliphatic rings. The van der Waals surface area contributed by atoms with E-state index in [1.165, 1.54) is 4.90 Å². The smallest absolute Gasteiger partial charge is 0.319 e. The topological polar surface area (TPSA) is 73.2 Å². The minimum atomic E-state index is -1.01. The van der Waals surface area contributed by atoms with Crippen LogP contribution in [0.15, 0.2) is 54.6 Å². The monoisotopic (exact) mass is 319 g/mol. The first-order valence-corrected chi connectivity index (χ1v) is 7.79. The van der Waals surface area contributed by atoms with Gasteiger partial charge in [-0.05, 0) is 29.7 Å². The summed E-state index contributed by atoms with van der Waals surface area (Å²) in [5.74, 6) is -0.245. The van der Waals surface area contributed by atoms with Crippen LogP contribution in [0.25, 0.3) is 0 Å². The molecule has 1 atom stereocenters. The molecule has 0 saturated carbocycles. The van der Waals surface area contributed by atoms with Crippen LogP contribution in [0, 0.1) is 11.3 Å². The van der Waals surface area contributed by atoms with E-state index in [2.05, 4.69) is 5.32 Å². The summed E-state index contributed by atoms with van der Waals surface area (Å²) in [7, 11) is 0. The molecule has 3 rings (SSSR count). The number of rotatable bonds is 4. The number of urea groups is 1. The van der Waals surface area contributed by atoms with Crippen LogP contribution in [0.3, 0.4) is 0 Å². The Morgan fingerprint density at radius 2 is 1.75 bits per heavy atom. The van der Waals surface area contributed by atoms with Crippen LogP contribution in [0.2, 0.25) is 0 Å². The lowest BCUT2D eigenvalue weighted by Gasteiger charge is -2.25. The van der Waals surface area contributed by atoms with Crippen LogP contribution in [-0.4, -0.2) is 16.8 Å². The molecule has 0 aromatic heterocycles. The Bertz CT molecular complexity index is 809. The fourth-order valence-electron chi connectivity index (χ4n) is 3.00. The summed E-state index contributed by atoms with van der Waals surface area (Å²) in [6.45, 7) is 2.07. The lowest BCUT2D eigenvalue weighted by atomic mass is 9.87. The number of nitrogens with zero attached hydrogens (tertiary/aromatic N) is 2. The standard InChI is InChI=1S/C19H17N3O2/c1-2-19(16-6-4-3-5-7-16)17(23)22(18(24)21-19)13-15-10-8-14(12-20)9-11-15/h3-11H,2,13H2,1H3,(H,21,24). The Morgan fingerprint density at radius 3 is 2.33 bits per heavy atom. The third-order valence-corrected chi connectivity index (χ3v) is 4.40. The third-order valence-electron chi connectivity index (χ3n) is 4.40. The highest BCUT2D eigenvalue weighted by Gasteiger charge is 2.50. The van der Waals surface area contributed by atoms with Crippen LogP contribution in [0.4, 0.5) is 4.79 Å². The van der Waals surface area contributed by atoms with Gasteiger partial charge in [0.05, 0.1) is 18.2 Å². The number of carbonyl (C=O) groups is 2. The second-order valence-electron chi connectivity index (χ2n) is 5.76. The summed E-state index contributed by atoms with van der Waals surface area (Å²) < 4.78 is 0. The molecule has 1 saturated heterocycles. The second kappa shape index (κ2) is 6.17. The van der Waals surface area contributed by atoms with E-state index in [-0.39, 0.29) is 12.5 Å². The van der Waals surface area contributed by atoms with Crippen LogP contribution >= 0.6 is 0 Å². The molecule has 2 aromatic carbocycles. The van der Waals surface area contributed by atoms with Gasteiger partial charge in [-0.1, -0.05) is 49.4 Å². The zero-order chi connectivity index (χ0) is 17.2. The van der Waals surface area contributed by atoms with Gasteiger partial charge in [-0.2, -0.15) is 5.26 Å². The van der Waals surface area contributed by atoms with E-state index in [1.54, 1.807) is 24.3 Å². The van der Waals surface area contributed by atoms with Crippen molar-refractivity contribution >= 4 is 11.9 Å². The zero-order valence-corrected chi connectivity index (χ0v) is 13.3. The molecule has 120 valence electrons. The summed E-state index contributed by atoms with van der Waals surface area (Å²) in [5.41, 5.74) is 1.12. The summed E-state index contributed by atoms with van der Waals surface area (Å²) in [5, 5.41) is 11.7. The number of hydrogen-bond donors (Lipinski definition) is 1. The third kappa shape index (κ3) is 2.52. The van der Waals surface area contributed by atoms with E-state index in [0.29, 0.717) is 12.0 Å². The Balaban J connectivity index is 1.89. The SMILES string of the molecule is CCC1(c2ccccc2)NC(=O)N(Cc2ccc(C#N)cc2)C1=O. The summed E-state index contributed by atoms with van der Waals surface area (Å²) in [4.78, 5) is 26.6. The van der Waals surface area contributed by atoms with Crippen molar-refractivity contribution in [1.29, 1.82) is 5.26 Å². The predicted molar refractivity (Wildman–Crippen MR) is 88.6 cm³/mol. The first kappa shape index (κ1) is 15.8. The average molecular weight is 319 g/mol. The highest BCUT2D eigenvalue weighted by molar-refractivity contribution is 6.07. The molecular weight excluding hydrogens is 302 g/mol. The van der Waals surface area contributed by atoms with E-state index in [0.717, 1.165) is 11.1 Å². The van der Waals surface area contributed by atoms with Gasteiger partial charge in [0.25, 0.3) is 5.91 Å². The van der Waals surface area contributed by atoms with Gasteiger partial charge in [0.2, 0.25) is 0 Å². The van der Waals surface area contributed by atoms with Crippen molar-refractivity contribution in [2.24, 2.45) is 0 Å². The molecule has 0 spiro atoms. The fourth-order valence-corrected chi connectivity index (χ4v) is 3.00. The van der Waals surface area contributed by atoms with Crippen LogP contribution in [0.5, 0.6) is 0 Å². The molecule has 1 N–H and O–H groups in total. The van der Waals surface area contributed by atoms with E-state index in [4.69, 9.17) is 5.26 Å². The number of carbonyl (C=O) groups excluding carboxylic acids is 2. The quantitative estimate of drug-likeness (QED) is 0.881. The van der Waals surface area contributed by atoms with Crippen molar-refractivity contribution in [1.82, 2.24) is 10.2 Å². The molecule has 3 amide bonds. The highest BCUT2D eigenvalue weighted by atomic mass is 16.2. The van der Waals surface area contributed by atoms with E-state index in [9.17, 15) is 9.59 Å². The van der Waals surface area contributed by atoms with Gasteiger partial charge < -0.3 is 5.32 Å². The van der Waals surface area contributed by atoms with Gasteiger partial charge in [0.15, 0.2) is 0 Å². The van der Waals surface area contributed by atoms with Crippen molar-refractivity contribution in [2.75, 3.05) is 0 Å². The van der Waals surface area contributed by atoms with Crippen LogP contribution in [0.1, 0.15) is 30.0 Å². The number of amides is 3. The number of imide groups is 1. The predicted octanol–water partition coefficient (Wildman–Crippen LogP) is 2.92. The molecule has 1 fully saturated rings. The van der Waals surface area contributed by atoms with Crippen molar-refractivity contribution < 1.29 is 9.59 Å². The largest absolute Gasteiger partial charge is 0.325 e. The van der Waals surface area contributed by atoms with Gasteiger partial charge in [0.1, 0.15) is 5.54 Å². The molecule has 2 aromatic rings. The minimum absolute atomic E-state index is 0.185. The Labute approximate surface area is 140 Å². The zero-order valence-electron chi connectivity index (χ0n) is 13.3. The maximum absolute atomic E-state index is 13.0. The average Bonchev–Trinajstić information content (AvgIpc) is 2.88. The highest BCUT2D eigenvalue weighted by Crippen LogP contribution is 2.33. The molecule has 5 nitrogen and oxygen atoms in total. The second-order valence-corrected chi connectivity index (χ2v) is 5.76. The molecule has 0 aliphatic carbocycles. The Hall–Kier alpha value is -3.13. The van der Waals surface area contributed by atoms with Gasteiger partial charge in [0, 0.05) is 0 Å². The molecule has 1 aliphatic heterocycles. The Kier molecular flexibility index (Phi) is 4.05. The maximum Gasteiger partial charge on any atom is 0.325 e.